The molecule has 0 bridgehead atoms. The number of benzene rings is 1. The van der Waals surface area contributed by atoms with Crippen LogP contribution in [0.4, 0.5) is 0 Å². The maximum atomic E-state index is 4.81. The maximum absolute atomic E-state index is 4.81. The zero-order valence-corrected chi connectivity index (χ0v) is 7.44. The monoisotopic (exact) mass is 194 g/mol. The summed E-state index contributed by atoms with van der Waals surface area (Å²) >= 11 is 14.4. The molecule has 0 nitrogen and oxygen atoms in total. The Morgan fingerprint density at radius 2 is 0.700 bits per heavy atom. The van der Waals surface area contributed by atoms with E-state index in [9.17, 15) is 0 Å². The van der Waals surface area contributed by atoms with Gasteiger partial charge in [-0.2, -0.15) is 34.4 Å². The number of hydrogen-bond donors (Lipinski definition) is 0. The van der Waals surface area contributed by atoms with E-state index in [2.05, 4.69) is 0 Å². The average molecular weight is 195 g/mol. The van der Waals surface area contributed by atoms with Crippen molar-refractivity contribution in [3.8, 4) is 0 Å². The summed E-state index contributed by atoms with van der Waals surface area (Å²) in [4.78, 5) is -0.750. The van der Waals surface area contributed by atoms with Gasteiger partial charge in [-0.3, -0.25) is 0 Å². The molecular formula is C6H6BCl3. The van der Waals surface area contributed by atoms with E-state index in [1.54, 1.807) is 0 Å². The highest BCUT2D eigenvalue weighted by atomic mass is 35.6. The second-order valence-corrected chi connectivity index (χ2v) is 3.38. The molecule has 0 N–H and O–H groups in total. The lowest BCUT2D eigenvalue weighted by Gasteiger charge is -1.69. The van der Waals surface area contributed by atoms with E-state index in [0.29, 0.717) is 0 Å². The Balaban J connectivity index is 0.000000180. The molecule has 0 unspecified atom stereocenters. The summed E-state index contributed by atoms with van der Waals surface area (Å²) < 4.78 is 0. The van der Waals surface area contributed by atoms with Crippen LogP contribution >= 0.6 is 34.4 Å². The van der Waals surface area contributed by atoms with Crippen LogP contribution in [0.1, 0.15) is 0 Å². The van der Waals surface area contributed by atoms with Crippen molar-refractivity contribution in [2.24, 2.45) is 0 Å². The quantitative estimate of drug-likeness (QED) is 0.557. The van der Waals surface area contributed by atoms with E-state index in [1.807, 2.05) is 36.4 Å². The van der Waals surface area contributed by atoms with Gasteiger partial charge in [-0.25, -0.2) is 0 Å². The van der Waals surface area contributed by atoms with Crippen LogP contribution in [0.25, 0.3) is 0 Å². The minimum Gasteiger partial charge on any atom is -0.150 e. The zero-order chi connectivity index (χ0) is 7.82. The fraction of sp³-hybridized carbons (Fsp3) is 0. The largest absolute Gasteiger partial charge is 0.450 e. The van der Waals surface area contributed by atoms with Crippen molar-refractivity contribution in [2.75, 3.05) is 0 Å². The Kier molecular flexibility index (Phi) is 7.38. The molecular weight excluding hydrogens is 189 g/mol. The van der Waals surface area contributed by atoms with Crippen molar-refractivity contribution in [2.45, 2.75) is 0 Å². The van der Waals surface area contributed by atoms with Gasteiger partial charge in [0.15, 0.2) is 0 Å². The predicted octanol–water partition coefficient (Wildman–Crippen LogP) is 3.37. The summed E-state index contributed by atoms with van der Waals surface area (Å²) in [6.45, 7) is 0. The molecule has 0 aliphatic rings. The molecule has 1 aromatic carbocycles. The first-order valence-corrected chi connectivity index (χ1v) is 3.96. The van der Waals surface area contributed by atoms with Gasteiger partial charge in [-0.15, -0.1) is 0 Å². The Morgan fingerprint density at radius 3 is 0.800 bits per heavy atom. The fourth-order valence-electron chi connectivity index (χ4n) is 0.385. The van der Waals surface area contributed by atoms with E-state index in [4.69, 9.17) is 34.4 Å². The molecule has 0 spiro atoms. The van der Waals surface area contributed by atoms with Gasteiger partial charge in [0, 0.05) is 0 Å². The molecule has 0 aliphatic carbocycles. The standard InChI is InChI=1S/C6H6.BCl3/c1-2-4-6-5-3-1;2-1(3)4/h1-6H;. The third-order valence-corrected chi connectivity index (χ3v) is 0.667. The van der Waals surface area contributed by atoms with Gasteiger partial charge in [-0.1, -0.05) is 36.4 Å². The molecule has 4 heteroatoms. The fourth-order valence-corrected chi connectivity index (χ4v) is 0.385. The molecule has 1 aromatic rings. The smallest absolute Gasteiger partial charge is 0.150 e. The molecule has 0 atom stereocenters. The minimum atomic E-state index is -0.750. The lowest BCUT2D eigenvalue weighted by molar-refractivity contribution is 1.72. The average Bonchev–Trinajstić information content (AvgIpc) is 1.90. The lowest BCUT2D eigenvalue weighted by Crippen LogP contribution is -1.66. The summed E-state index contributed by atoms with van der Waals surface area (Å²) in [6.07, 6.45) is 0. The Hall–Kier alpha value is 0.155. The van der Waals surface area contributed by atoms with Crippen LogP contribution in [0.5, 0.6) is 0 Å². The van der Waals surface area contributed by atoms with E-state index < -0.39 is 4.96 Å². The molecule has 0 saturated carbocycles. The van der Waals surface area contributed by atoms with Gasteiger partial charge in [0.05, 0.1) is 0 Å². The van der Waals surface area contributed by atoms with E-state index in [0.717, 1.165) is 0 Å². The van der Waals surface area contributed by atoms with Crippen LogP contribution in [0.3, 0.4) is 0 Å². The van der Waals surface area contributed by atoms with Crippen LogP contribution < -0.4 is 0 Å². The lowest BCUT2D eigenvalue weighted by atomic mass is 10.4. The normalized spacial score (nSPS) is 7.50. The Morgan fingerprint density at radius 1 is 0.600 bits per heavy atom. The third-order valence-electron chi connectivity index (χ3n) is 0.667. The molecule has 0 aliphatic heterocycles. The second-order valence-electron chi connectivity index (χ2n) is 1.40. The first-order valence-electron chi connectivity index (χ1n) is 2.65. The number of rotatable bonds is 0. The zero-order valence-electron chi connectivity index (χ0n) is 5.18. The van der Waals surface area contributed by atoms with E-state index in [-0.39, 0.29) is 0 Å². The maximum Gasteiger partial charge on any atom is 0.450 e. The third kappa shape index (κ3) is 11.0. The van der Waals surface area contributed by atoms with Crippen LogP contribution in [0.15, 0.2) is 36.4 Å². The number of hydrogen-bond acceptors (Lipinski definition) is 0. The van der Waals surface area contributed by atoms with Crippen LogP contribution in [-0.4, -0.2) is 4.96 Å². The molecule has 0 aromatic heterocycles. The van der Waals surface area contributed by atoms with Gasteiger partial charge in [0.2, 0.25) is 0 Å². The van der Waals surface area contributed by atoms with Crippen molar-refractivity contribution in [3.05, 3.63) is 36.4 Å². The van der Waals surface area contributed by atoms with Crippen molar-refractivity contribution < 1.29 is 0 Å². The molecule has 0 radical (unpaired) electrons. The van der Waals surface area contributed by atoms with Crippen molar-refractivity contribution in [1.82, 2.24) is 0 Å². The van der Waals surface area contributed by atoms with Crippen molar-refractivity contribution >= 4 is 39.3 Å². The SMILES string of the molecule is ClB(Cl)Cl.c1ccccc1. The van der Waals surface area contributed by atoms with Gasteiger partial charge in [0.1, 0.15) is 0 Å². The van der Waals surface area contributed by atoms with Gasteiger partial charge in [-0.05, 0) is 0 Å². The summed E-state index contributed by atoms with van der Waals surface area (Å²) in [5.41, 5.74) is 0. The van der Waals surface area contributed by atoms with Crippen molar-refractivity contribution in [1.29, 1.82) is 0 Å². The predicted molar refractivity (Wildman–Crippen MR) is 49.8 cm³/mol. The highest BCUT2D eigenvalue weighted by Gasteiger charge is 1.91. The molecule has 0 amide bonds. The highest BCUT2D eigenvalue weighted by Crippen LogP contribution is 1.97. The van der Waals surface area contributed by atoms with Crippen LogP contribution in [-0.2, 0) is 0 Å². The first kappa shape index (κ1) is 10.2. The second kappa shape index (κ2) is 7.26. The number of halogens is 3. The van der Waals surface area contributed by atoms with Gasteiger partial charge < -0.3 is 0 Å². The minimum absolute atomic E-state index is 0.750. The van der Waals surface area contributed by atoms with E-state index in [1.165, 1.54) is 0 Å². The Bertz CT molecular complexity index is 113. The molecule has 10 heavy (non-hydrogen) atoms. The summed E-state index contributed by atoms with van der Waals surface area (Å²) in [6, 6.07) is 12.0. The van der Waals surface area contributed by atoms with Crippen molar-refractivity contribution in [3.63, 3.8) is 0 Å². The summed E-state index contributed by atoms with van der Waals surface area (Å²) in [7, 11) is 0. The van der Waals surface area contributed by atoms with E-state index >= 15 is 0 Å². The Labute approximate surface area is 75.9 Å². The van der Waals surface area contributed by atoms with Crippen LogP contribution in [0, 0.1) is 0 Å². The topological polar surface area (TPSA) is 0 Å². The molecule has 0 saturated heterocycles. The van der Waals surface area contributed by atoms with Crippen LogP contribution in [0.2, 0.25) is 0 Å². The summed E-state index contributed by atoms with van der Waals surface area (Å²) in [5.74, 6) is 0. The van der Waals surface area contributed by atoms with Gasteiger partial charge >= 0.3 is 4.96 Å². The van der Waals surface area contributed by atoms with Gasteiger partial charge in [0.25, 0.3) is 0 Å². The molecule has 0 fully saturated rings. The first-order chi connectivity index (χ1) is 4.73. The highest BCUT2D eigenvalue weighted by molar-refractivity contribution is 7.54. The molecule has 1 rings (SSSR count). The molecule has 0 heterocycles. The summed E-state index contributed by atoms with van der Waals surface area (Å²) in [5, 5.41) is 0. The molecule has 54 valence electrons.